The fourth-order valence-corrected chi connectivity index (χ4v) is 3.60. The smallest absolute Gasteiger partial charge is 0.170 e. The number of aryl methyl sites for hydroxylation is 1. The first-order chi connectivity index (χ1) is 9.16. The van der Waals surface area contributed by atoms with Gasteiger partial charge in [-0.25, -0.2) is 8.78 Å². The van der Waals surface area contributed by atoms with E-state index in [0.29, 0.717) is 0 Å². The van der Waals surface area contributed by atoms with Crippen LogP contribution in [-0.2, 0) is 6.42 Å². The van der Waals surface area contributed by atoms with E-state index >= 15 is 0 Å². The maximum Gasteiger partial charge on any atom is 0.170 e. The Balaban J connectivity index is 1.95. The van der Waals surface area contributed by atoms with Gasteiger partial charge in [0.25, 0.3) is 0 Å². The van der Waals surface area contributed by atoms with Crippen molar-refractivity contribution in [1.82, 2.24) is 0 Å². The van der Waals surface area contributed by atoms with Gasteiger partial charge in [0.15, 0.2) is 17.4 Å². The predicted molar refractivity (Wildman–Crippen MR) is 70.7 cm³/mol. The van der Waals surface area contributed by atoms with E-state index in [1.54, 1.807) is 11.3 Å². The highest BCUT2D eigenvalue weighted by Gasteiger charge is 2.28. The minimum absolute atomic E-state index is 0.113. The summed E-state index contributed by atoms with van der Waals surface area (Å²) in [6, 6.07) is 5.35. The van der Waals surface area contributed by atoms with E-state index in [9.17, 15) is 13.6 Å². The lowest BCUT2D eigenvalue weighted by Gasteiger charge is -2.21. The van der Waals surface area contributed by atoms with Crippen molar-refractivity contribution in [1.29, 1.82) is 0 Å². The lowest BCUT2D eigenvalue weighted by molar-refractivity contribution is 0.0951. The molecule has 0 N–H and O–H groups in total. The molecule has 1 aromatic heterocycles. The first kappa shape index (κ1) is 12.5. The number of benzene rings is 1. The van der Waals surface area contributed by atoms with Crippen molar-refractivity contribution < 1.29 is 13.6 Å². The Bertz CT molecular complexity index is 633. The number of hydrogen-bond donors (Lipinski definition) is 0. The number of fused-ring (bicyclic) bond motifs is 1. The molecule has 98 valence electrons. The summed E-state index contributed by atoms with van der Waals surface area (Å²) in [7, 11) is 0. The van der Waals surface area contributed by atoms with Crippen LogP contribution in [0.4, 0.5) is 8.78 Å². The van der Waals surface area contributed by atoms with E-state index in [-0.39, 0.29) is 17.3 Å². The van der Waals surface area contributed by atoms with Gasteiger partial charge in [-0.1, -0.05) is 0 Å². The molecule has 0 fully saturated rings. The molecule has 0 spiro atoms. The van der Waals surface area contributed by atoms with Crippen molar-refractivity contribution >= 4 is 17.1 Å². The van der Waals surface area contributed by atoms with Gasteiger partial charge in [-0.15, -0.1) is 11.3 Å². The summed E-state index contributed by atoms with van der Waals surface area (Å²) < 4.78 is 26.1. The van der Waals surface area contributed by atoms with Crippen LogP contribution in [0.3, 0.4) is 0 Å². The Hall–Kier alpha value is -1.55. The normalized spacial score (nSPS) is 18.1. The zero-order valence-electron chi connectivity index (χ0n) is 10.2. The zero-order valence-corrected chi connectivity index (χ0v) is 11.0. The van der Waals surface area contributed by atoms with Gasteiger partial charge < -0.3 is 0 Å². The Morgan fingerprint density at radius 2 is 2.05 bits per heavy atom. The van der Waals surface area contributed by atoms with Gasteiger partial charge >= 0.3 is 0 Å². The molecule has 0 bridgehead atoms. The largest absolute Gasteiger partial charge is 0.293 e. The van der Waals surface area contributed by atoms with Crippen molar-refractivity contribution in [3.8, 4) is 0 Å². The summed E-state index contributed by atoms with van der Waals surface area (Å²) in [5.41, 5.74) is 1.31. The highest BCUT2D eigenvalue weighted by molar-refractivity contribution is 7.10. The molecule has 1 heterocycles. The molecule has 0 saturated heterocycles. The Kier molecular flexibility index (Phi) is 3.19. The molecule has 0 amide bonds. The monoisotopic (exact) mass is 278 g/mol. The third-order valence-electron chi connectivity index (χ3n) is 3.57. The van der Waals surface area contributed by atoms with Gasteiger partial charge in [-0.2, -0.15) is 0 Å². The first-order valence-corrected chi connectivity index (χ1v) is 7.10. The Morgan fingerprint density at radius 1 is 1.21 bits per heavy atom. The van der Waals surface area contributed by atoms with Gasteiger partial charge in [0.1, 0.15) is 0 Å². The molecular weight excluding hydrogens is 266 g/mol. The summed E-state index contributed by atoms with van der Waals surface area (Å²) in [6.07, 6.45) is 2.75. The van der Waals surface area contributed by atoms with Crippen LogP contribution in [0, 0.1) is 11.6 Å². The van der Waals surface area contributed by atoms with Crippen LogP contribution < -0.4 is 0 Å². The number of Topliss-reactive ketones (excluding diaryl/α,β-unsaturated/α-hetero) is 1. The number of rotatable bonds is 2. The molecule has 1 aromatic carbocycles. The second-order valence-corrected chi connectivity index (χ2v) is 5.74. The topological polar surface area (TPSA) is 17.1 Å². The first-order valence-electron chi connectivity index (χ1n) is 6.22. The second kappa shape index (κ2) is 4.85. The highest BCUT2D eigenvalue weighted by Crippen LogP contribution is 2.37. The van der Waals surface area contributed by atoms with E-state index in [1.807, 2.05) is 11.4 Å². The quantitative estimate of drug-likeness (QED) is 0.747. The van der Waals surface area contributed by atoms with E-state index in [1.165, 1.54) is 10.9 Å². The molecule has 1 aliphatic carbocycles. The van der Waals surface area contributed by atoms with Crippen molar-refractivity contribution in [2.24, 2.45) is 0 Å². The zero-order chi connectivity index (χ0) is 13.4. The third kappa shape index (κ3) is 2.21. The van der Waals surface area contributed by atoms with Crippen LogP contribution in [0.5, 0.6) is 0 Å². The molecular formula is C15H12F2OS. The minimum atomic E-state index is -0.966. The highest BCUT2D eigenvalue weighted by atomic mass is 32.1. The van der Waals surface area contributed by atoms with Crippen molar-refractivity contribution in [2.75, 3.05) is 0 Å². The molecule has 1 atom stereocenters. The molecule has 4 heteroatoms. The summed E-state index contributed by atoms with van der Waals surface area (Å²) in [4.78, 5) is 13.7. The van der Waals surface area contributed by atoms with Crippen LogP contribution in [0.2, 0.25) is 0 Å². The average Bonchev–Trinajstić information content (AvgIpc) is 2.89. The summed E-state index contributed by atoms with van der Waals surface area (Å²) in [5, 5.41) is 1.99. The molecule has 2 aromatic rings. The molecule has 1 unspecified atom stereocenters. The minimum Gasteiger partial charge on any atom is -0.293 e. The number of carbonyl (C=O) groups is 1. The summed E-state index contributed by atoms with van der Waals surface area (Å²) in [5.74, 6) is -2.21. The SMILES string of the molecule is O=C(c1ccc(F)c(F)c1)C1CCCc2sccc21. The molecule has 19 heavy (non-hydrogen) atoms. The van der Waals surface area contributed by atoms with Gasteiger partial charge in [0, 0.05) is 16.4 Å². The molecule has 3 rings (SSSR count). The van der Waals surface area contributed by atoms with E-state index in [4.69, 9.17) is 0 Å². The molecule has 0 saturated carbocycles. The van der Waals surface area contributed by atoms with Crippen LogP contribution in [0.15, 0.2) is 29.6 Å². The second-order valence-electron chi connectivity index (χ2n) is 4.74. The molecule has 1 nitrogen and oxygen atoms in total. The van der Waals surface area contributed by atoms with Gasteiger partial charge in [0.2, 0.25) is 0 Å². The third-order valence-corrected chi connectivity index (χ3v) is 4.57. The summed E-state index contributed by atoms with van der Waals surface area (Å²) >= 11 is 1.66. The van der Waals surface area contributed by atoms with E-state index < -0.39 is 11.6 Å². The predicted octanol–water partition coefficient (Wildman–Crippen LogP) is 4.33. The number of hydrogen-bond acceptors (Lipinski definition) is 2. The fraction of sp³-hybridized carbons (Fsp3) is 0.267. The lowest BCUT2D eigenvalue weighted by atomic mass is 9.82. The summed E-state index contributed by atoms with van der Waals surface area (Å²) in [6.45, 7) is 0. The van der Waals surface area contributed by atoms with Gasteiger partial charge in [-0.3, -0.25) is 4.79 Å². The molecule has 1 aliphatic rings. The average molecular weight is 278 g/mol. The number of ketones is 1. The van der Waals surface area contributed by atoms with Crippen molar-refractivity contribution in [2.45, 2.75) is 25.2 Å². The Labute approximate surface area is 113 Å². The molecule has 0 radical (unpaired) electrons. The Morgan fingerprint density at radius 3 is 2.84 bits per heavy atom. The number of thiophene rings is 1. The standard InChI is InChI=1S/C15H12F2OS/c16-12-5-4-9(8-13(12)17)15(18)11-2-1-3-14-10(11)6-7-19-14/h4-8,11H,1-3H2. The molecule has 0 aliphatic heterocycles. The van der Waals surface area contributed by atoms with Crippen molar-refractivity contribution in [3.63, 3.8) is 0 Å². The maximum atomic E-state index is 13.2. The van der Waals surface area contributed by atoms with Crippen LogP contribution >= 0.6 is 11.3 Å². The number of carbonyl (C=O) groups excluding carboxylic acids is 1. The van der Waals surface area contributed by atoms with Gasteiger partial charge in [0.05, 0.1) is 0 Å². The fourth-order valence-electron chi connectivity index (χ4n) is 2.61. The van der Waals surface area contributed by atoms with Crippen LogP contribution in [-0.4, -0.2) is 5.78 Å². The van der Waals surface area contributed by atoms with Gasteiger partial charge in [-0.05, 0) is 54.5 Å². The van der Waals surface area contributed by atoms with E-state index in [2.05, 4.69) is 0 Å². The number of halogens is 2. The van der Waals surface area contributed by atoms with Crippen LogP contribution in [0.1, 0.15) is 39.6 Å². The van der Waals surface area contributed by atoms with Crippen LogP contribution in [0.25, 0.3) is 0 Å². The maximum absolute atomic E-state index is 13.2. The van der Waals surface area contributed by atoms with E-state index in [0.717, 1.165) is 37.0 Å². The van der Waals surface area contributed by atoms with Crippen molar-refractivity contribution in [3.05, 3.63) is 57.3 Å². The lowest BCUT2D eigenvalue weighted by Crippen LogP contribution is -2.17.